The molecule has 0 aliphatic carbocycles. The average Bonchev–Trinajstić information content (AvgIpc) is 2.56. The number of pyridine rings is 1. The molecule has 0 saturated carbocycles. The van der Waals surface area contributed by atoms with Gasteiger partial charge in [-0.1, -0.05) is 13.3 Å². The van der Waals surface area contributed by atoms with Crippen LogP contribution in [0, 0.1) is 0 Å². The largest absolute Gasteiger partial charge is 0.379 e. The molecule has 2 heterocycles. The molecule has 1 aliphatic heterocycles. The van der Waals surface area contributed by atoms with Crippen molar-refractivity contribution in [2.45, 2.75) is 19.8 Å². The fourth-order valence-electron chi connectivity index (χ4n) is 2.28. The third kappa shape index (κ3) is 5.61. The number of rotatable bonds is 8. The van der Waals surface area contributed by atoms with Crippen molar-refractivity contribution >= 4 is 11.7 Å². The minimum absolute atomic E-state index is 0.0548. The topological polar surface area (TPSA) is 66.5 Å². The van der Waals surface area contributed by atoms with Gasteiger partial charge in [0.05, 0.1) is 18.8 Å². The normalized spacial score (nSPS) is 15.5. The van der Waals surface area contributed by atoms with E-state index in [9.17, 15) is 4.79 Å². The molecule has 1 aromatic heterocycles. The summed E-state index contributed by atoms with van der Waals surface area (Å²) in [7, 11) is 0. The third-order valence-corrected chi connectivity index (χ3v) is 3.68. The smallest absolute Gasteiger partial charge is 0.252 e. The number of hydrogen-bond acceptors (Lipinski definition) is 5. The summed E-state index contributed by atoms with van der Waals surface area (Å²) in [6.45, 7) is 8.26. The molecule has 1 aromatic rings. The first-order chi connectivity index (χ1) is 10.8. The Balaban J connectivity index is 1.70. The number of anilines is 1. The third-order valence-electron chi connectivity index (χ3n) is 3.68. The van der Waals surface area contributed by atoms with Crippen molar-refractivity contribution in [1.82, 2.24) is 15.2 Å². The fraction of sp³-hybridized carbons (Fsp3) is 0.625. The Hall–Kier alpha value is -1.66. The van der Waals surface area contributed by atoms with Gasteiger partial charge in [-0.05, 0) is 18.6 Å². The monoisotopic (exact) mass is 306 g/mol. The quantitative estimate of drug-likeness (QED) is 0.710. The van der Waals surface area contributed by atoms with Crippen molar-refractivity contribution in [3.8, 4) is 0 Å². The van der Waals surface area contributed by atoms with Gasteiger partial charge in [0.1, 0.15) is 5.82 Å². The van der Waals surface area contributed by atoms with Crippen molar-refractivity contribution in [2.75, 3.05) is 51.3 Å². The van der Waals surface area contributed by atoms with Crippen LogP contribution in [-0.2, 0) is 4.74 Å². The molecule has 2 N–H and O–H groups in total. The van der Waals surface area contributed by atoms with Crippen LogP contribution in [0.3, 0.4) is 0 Å². The molecule has 1 saturated heterocycles. The highest BCUT2D eigenvalue weighted by molar-refractivity contribution is 5.93. The van der Waals surface area contributed by atoms with Crippen molar-refractivity contribution < 1.29 is 9.53 Å². The molecule has 1 aliphatic rings. The summed E-state index contributed by atoms with van der Waals surface area (Å²) in [5.41, 5.74) is 0.606. The molecule has 0 spiro atoms. The van der Waals surface area contributed by atoms with Gasteiger partial charge < -0.3 is 15.4 Å². The second-order valence-electron chi connectivity index (χ2n) is 5.42. The van der Waals surface area contributed by atoms with Crippen molar-refractivity contribution in [3.05, 3.63) is 23.9 Å². The molecule has 0 atom stereocenters. The van der Waals surface area contributed by atoms with Gasteiger partial charge in [-0.15, -0.1) is 0 Å². The van der Waals surface area contributed by atoms with Gasteiger partial charge in [0.25, 0.3) is 5.91 Å². The van der Waals surface area contributed by atoms with E-state index < -0.39 is 0 Å². The fourth-order valence-corrected chi connectivity index (χ4v) is 2.28. The molecule has 6 nitrogen and oxygen atoms in total. The predicted molar refractivity (Wildman–Crippen MR) is 87.2 cm³/mol. The van der Waals surface area contributed by atoms with E-state index in [1.165, 1.54) is 0 Å². The van der Waals surface area contributed by atoms with E-state index in [4.69, 9.17) is 4.74 Å². The molecule has 6 heteroatoms. The average molecular weight is 306 g/mol. The van der Waals surface area contributed by atoms with Crippen LogP contribution in [0.5, 0.6) is 0 Å². The molecule has 2 rings (SSSR count). The van der Waals surface area contributed by atoms with E-state index in [1.807, 2.05) is 12.1 Å². The van der Waals surface area contributed by atoms with Crippen LogP contribution in [0.4, 0.5) is 5.82 Å². The van der Waals surface area contributed by atoms with Gasteiger partial charge in [0.2, 0.25) is 0 Å². The zero-order valence-corrected chi connectivity index (χ0v) is 13.3. The van der Waals surface area contributed by atoms with E-state index in [-0.39, 0.29) is 5.91 Å². The van der Waals surface area contributed by atoms with Gasteiger partial charge in [0.15, 0.2) is 0 Å². The van der Waals surface area contributed by atoms with Gasteiger partial charge in [0, 0.05) is 38.9 Å². The van der Waals surface area contributed by atoms with Crippen LogP contribution in [0.15, 0.2) is 18.3 Å². The van der Waals surface area contributed by atoms with Gasteiger partial charge >= 0.3 is 0 Å². The Labute approximate surface area is 132 Å². The number of unbranched alkanes of at least 4 members (excludes halogenated alkanes) is 1. The number of hydrogen-bond donors (Lipinski definition) is 2. The summed E-state index contributed by atoms with van der Waals surface area (Å²) in [4.78, 5) is 18.5. The summed E-state index contributed by atoms with van der Waals surface area (Å²) >= 11 is 0. The minimum atomic E-state index is -0.0548. The Morgan fingerprint density at radius 1 is 1.32 bits per heavy atom. The molecule has 122 valence electrons. The molecule has 0 unspecified atom stereocenters. The van der Waals surface area contributed by atoms with E-state index in [1.54, 1.807) is 6.20 Å². The zero-order chi connectivity index (χ0) is 15.6. The molecular weight excluding hydrogens is 280 g/mol. The molecule has 0 radical (unpaired) electrons. The maximum Gasteiger partial charge on any atom is 0.252 e. The lowest BCUT2D eigenvalue weighted by molar-refractivity contribution is 0.0398. The van der Waals surface area contributed by atoms with Crippen molar-refractivity contribution in [2.24, 2.45) is 0 Å². The van der Waals surface area contributed by atoms with Gasteiger partial charge in [-0.25, -0.2) is 4.98 Å². The van der Waals surface area contributed by atoms with Crippen molar-refractivity contribution in [1.29, 1.82) is 0 Å². The Morgan fingerprint density at radius 3 is 2.82 bits per heavy atom. The number of amides is 1. The molecule has 22 heavy (non-hydrogen) atoms. The van der Waals surface area contributed by atoms with E-state index in [0.29, 0.717) is 5.56 Å². The predicted octanol–water partition coefficient (Wildman–Crippen LogP) is 1.36. The summed E-state index contributed by atoms with van der Waals surface area (Å²) in [5, 5.41) is 6.17. The lowest BCUT2D eigenvalue weighted by atomic mass is 10.2. The number of carbonyl (C=O) groups excluding carboxylic acids is 1. The zero-order valence-electron chi connectivity index (χ0n) is 13.3. The molecule has 1 fully saturated rings. The highest BCUT2D eigenvalue weighted by Gasteiger charge is 2.09. The second kappa shape index (κ2) is 9.38. The first kappa shape index (κ1) is 16.7. The molecule has 1 amide bonds. The van der Waals surface area contributed by atoms with E-state index >= 15 is 0 Å². The molecule has 0 aromatic carbocycles. The molecule has 0 bridgehead atoms. The molecular formula is C16H26N4O2. The van der Waals surface area contributed by atoms with Crippen molar-refractivity contribution in [3.63, 3.8) is 0 Å². The Bertz CT molecular complexity index is 444. The van der Waals surface area contributed by atoms with Crippen LogP contribution in [0.1, 0.15) is 30.1 Å². The number of ether oxygens (including phenoxy) is 1. The SMILES string of the molecule is CCCCNC(=O)c1ccc(NCCN2CCOCC2)nc1. The lowest BCUT2D eigenvalue weighted by Gasteiger charge is -2.26. The van der Waals surface area contributed by atoms with Gasteiger partial charge in [-0.3, -0.25) is 9.69 Å². The Morgan fingerprint density at radius 2 is 2.14 bits per heavy atom. The number of carbonyl (C=O) groups is 1. The maximum absolute atomic E-state index is 11.9. The summed E-state index contributed by atoms with van der Waals surface area (Å²) in [5.74, 6) is 0.749. The number of morpholine rings is 1. The van der Waals surface area contributed by atoms with Crippen LogP contribution in [0.2, 0.25) is 0 Å². The van der Waals surface area contributed by atoms with Crippen LogP contribution in [0.25, 0.3) is 0 Å². The van der Waals surface area contributed by atoms with E-state index in [2.05, 4.69) is 27.4 Å². The highest BCUT2D eigenvalue weighted by atomic mass is 16.5. The van der Waals surface area contributed by atoms with Crippen LogP contribution < -0.4 is 10.6 Å². The summed E-state index contributed by atoms with van der Waals surface area (Å²) < 4.78 is 5.32. The standard InChI is InChI=1S/C16H26N4O2/c1-2-3-6-18-16(21)14-4-5-15(19-13-14)17-7-8-20-9-11-22-12-10-20/h4-5,13H,2-3,6-12H2,1H3,(H,17,19)(H,18,21). The first-order valence-electron chi connectivity index (χ1n) is 8.08. The van der Waals surface area contributed by atoms with Gasteiger partial charge in [-0.2, -0.15) is 0 Å². The lowest BCUT2D eigenvalue weighted by Crippen LogP contribution is -2.39. The summed E-state index contributed by atoms with van der Waals surface area (Å²) in [6.07, 6.45) is 3.70. The minimum Gasteiger partial charge on any atom is -0.379 e. The number of nitrogens with one attached hydrogen (secondary N) is 2. The maximum atomic E-state index is 11.9. The first-order valence-corrected chi connectivity index (χ1v) is 8.08. The van der Waals surface area contributed by atoms with E-state index in [0.717, 1.165) is 64.6 Å². The van der Waals surface area contributed by atoms with Crippen LogP contribution in [-0.4, -0.2) is 61.7 Å². The van der Waals surface area contributed by atoms with Crippen LogP contribution >= 0.6 is 0 Å². The number of aromatic nitrogens is 1. The summed E-state index contributed by atoms with van der Waals surface area (Å²) in [6, 6.07) is 3.67. The second-order valence-corrected chi connectivity index (χ2v) is 5.42. The Kier molecular flexibility index (Phi) is 7.12. The highest BCUT2D eigenvalue weighted by Crippen LogP contribution is 2.05. The number of nitrogens with zero attached hydrogens (tertiary/aromatic N) is 2.